The van der Waals surface area contributed by atoms with Crippen LogP contribution in [0.1, 0.15) is 23.1 Å². The van der Waals surface area contributed by atoms with Gasteiger partial charge in [0.05, 0.1) is 17.3 Å². The van der Waals surface area contributed by atoms with Gasteiger partial charge in [-0.1, -0.05) is 127 Å². The number of pyridine rings is 1. The largest absolute Gasteiger partial charge is 0.276 e. The molecule has 6 aromatic rings. The van der Waals surface area contributed by atoms with Crippen LogP contribution in [0.25, 0.3) is 43.9 Å². The van der Waals surface area contributed by atoms with Crippen molar-refractivity contribution in [1.82, 2.24) is 4.98 Å². The van der Waals surface area contributed by atoms with Gasteiger partial charge in [0.15, 0.2) is 0 Å². The van der Waals surface area contributed by atoms with Crippen molar-refractivity contribution in [1.29, 1.82) is 0 Å². The second kappa shape index (κ2) is 10.2. The van der Waals surface area contributed by atoms with Gasteiger partial charge < -0.3 is 0 Å². The van der Waals surface area contributed by atoms with E-state index in [0.29, 0.717) is 0 Å². The Bertz CT molecular complexity index is 2090. The molecule has 198 valence electrons. The van der Waals surface area contributed by atoms with E-state index in [0.717, 1.165) is 34.2 Å². The number of hydrogen-bond acceptors (Lipinski definition) is 2. The highest BCUT2D eigenvalue weighted by Crippen LogP contribution is 2.40. The molecule has 0 fully saturated rings. The molecular formula is C40H28N2. The lowest BCUT2D eigenvalue weighted by Crippen LogP contribution is -2.21. The fraction of sp³-hybridized carbons (Fsp3) is 0.0500. The zero-order chi connectivity index (χ0) is 27.9. The van der Waals surface area contributed by atoms with Crippen LogP contribution < -0.4 is 0 Å². The minimum atomic E-state index is 0.0635. The fourth-order valence-electron chi connectivity index (χ4n) is 6.29. The van der Waals surface area contributed by atoms with E-state index in [4.69, 9.17) is 4.99 Å². The number of allylic oxidation sites excluding steroid dienone is 3. The molecule has 2 aliphatic rings. The monoisotopic (exact) mass is 536 g/mol. The molecular weight excluding hydrogens is 508 g/mol. The van der Waals surface area contributed by atoms with Gasteiger partial charge in [-0.2, -0.15) is 0 Å². The van der Waals surface area contributed by atoms with Crippen molar-refractivity contribution in [2.75, 3.05) is 0 Å². The Kier molecular flexibility index (Phi) is 5.97. The molecule has 1 aliphatic heterocycles. The van der Waals surface area contributed by atoms with Crippen LogP contribution in [0.2, 0.25) is 0 Å². The third kappa shape index (κ3) is 4.38. The molecule has 0 saturated carbocycles. The number of dihydropyridines is 1. The number of aliphatic imine (C=N–C) groups is 1. The lowest BCUT2D eigenvalue weighted by atomic mass is 9.81. The Hall–Kier alpha value is -5.34. The summed E-state index contributed by atoms with van der Waals surface area (Å²) in [5.41, 5.74) is 11.9. The lowest BCUT2D eigenvalue weighted by molar-refractivity contribution is 0.807. The summed E-state index contributed by atoms with van der Waals surface area (Å²) in [5, 5.41) is 3.63. The summed E-state index contributed by atoms with van der Waals surface area (Å²) >= 11 is 0. The first-order chi connectivity index (χ1) is 20.8. The maximum atomic E-state index is 5.35. The summed E-state index contributed by atoms with van der Waals surface area (Å²) < 4.78 is 0. The quantitative estimate of drug-likeness (QED) is 0.220. The van der Waals surface area contributed by atoms with Crippen LogP contribution in [0, 0.1) is 0 Å². The summed E-state index contributed by atoms with van der Waals surface area (Å²) in [6, 6.07) is 45.4. The number of aromatic nitrogens is 1. The smallest absolute Gasteiger partial charge is 0.0802 e. The van der Waals surface area contributed by atoms with Crippen molar-refractivity contribution in [2.24, 2.45) is 4.99 Å². The minimum Gasteiger partial charge on any atom is -0.276 e. The van der Waals surface area contributed by atoms with Gasteiger partial charge in [-0.3, -0.25) is 9.98 Å². The zero-order valence-corrected chi connectivity index (χ0v) is 23.1. The van der Waals surface area contributed by atoms with Crippen molar-refractivity contribution >= 4 is 38.5 Å². The molecule has 1 aromatic heterocycles. The number of para-hydroxylation sites is 1. The molecule has 1 unspecified atom stereocenters. The normalized spacial score (nSPS) is 16.3. The Morgan fingerprint density at radius 3 is 2.17 bits per heavy atom. The molecule has 5 aromatic carbocycles. The predicted octanol–water partition coefficient (Wildman–Crippen LogP) is 9.72. The molecule has 0 saturated heterocycles. The van der Waals surface area contributed by atoms with Gasteiger partial charge in [0.1, 0.15) is 0 Å². The van der Waals surface area contributed by atoms with Gasteiger partial charge in [0.2, 0.25) is 0 Å². The van der Waals surface area contributed by atoms with E-state index >= 15 is 0 Å². The number of fused-ring (bicyclic) bond motifs is 3. The molecule has 2 heteroatoms. The number of hydrogen-bond donors (Lipinski definition) is 0. The Balaban J connectivity index is 1.23. The molecule has 8 rings (SSSR count). The summed E-state index contributed by atoms with van der Waals surface area (Å²) in [6.07, 6.45) is 9.59. The van der Waals surface area contributed by atoms with E-state index in [9.17, 15) is 0 Å². The Morgan fingerprint density at radius 1 is 0.548 bits per heavy atom. The first-order valence-electron chi connectivity index (χ1n) is 14.5. The van der Waals surface area contributed by atoms with Crippen LogP contribution in [0.5, 0.6) is 0 Å². The third-order valence-electron chi connectivity index (χ3n) is 8.45. The number of benzene rings is 5. The predicted molar refractivity (Wildman–Crippen MR) is 177 cm³/mol. The highest BCUT2D eigenvalue weighted by Gasteiger charge is 2.27. The van der Waals surface area contributed by atoms with E-state index in [-0.39, 0.29) is 6.04 Å². The van der Waals surface area contributed by atoms with Crippen LogP contribution in [0.4, 0.5) is 0 Å². The highest BCUT2D eigenvalue weighted by atomic mass is 14.8. The Labute approximate surface area is 245 Å². The first-order valence-corrected chi connectivity index (χ1v) is 14.5. The van der Waals surface area contributed by atoms with Crippen molar-refractivity contribution in [3.05, 3.63) is 174 Å². The summed E-state index contributed by atoms with van der Waals surface area (Å²) in [7, 11) is 0. The fourth-order valence-corrected chi connectivity index (χ4v) is 6.29. The first kappa shape index (κ1) is 24.5. The second-order valence-corrected chi connectivity index (χ2v) is 11.0. The van der Waals surface area contributed by atoms with Crippen molar-refractivity contribution in [3.63, 3.8) is 0 Å². The Morgan fingerprint density at radius 2 is 1.29 bits per heavy atom. The van der Waals surface area contributed by atoms with Gasteiger partial charge in [0, 0.05) is 22.7 Å². The molecule has 0 bridgehead atoms. The van der Waals surface area contributed by atoms with E-state index in [1.807, 2.05) is 12.3 Å². The number of nitrogens with zero attached hydrogens (tertiary/aromatic N) is 2. The molecule has 1 atom stereocenters. The summed E-state index contributed by atoms with van der Waals surface area (Å²) in [6.45, 7) is 0. The van der Waals surface area contributed by atoms with Crippen molar-refractivity contribution < 1.29 is 0 Å². The second-order valence-electron chi connectivity index (χ2n) is 11.0. The maximum absolute atomic E-state index is 5.35. The molecule has 1 aliphatic carbocycles. The van der Waals surface area contributed by atoms with Crippen LogP contribution in [0.3, 0.4) is 0 Å². The molecule has 0 amide bonds. The topological polar surface area (TPSA) is 25.2 Å². The molecule has 0 radical (unpaired) electrons. The van der Waals surface area contributed by atoms with E-state index in [2.05, 4.69) is 145 Å². The van der Waals surface area contributed by atoms with Gasteiger partial charge >= 0.3 is 0 Å². The molecule has 42 heavy (non-hydrogen) atoms. The molecule has 2 heterocycles. The van der Waals surface area contributed by atoms with Gasteiger partial charge in [-0.05, 0) is 68.8 Å². The van der Waals surface area contributed by atoms with Crippen molar-refractivity contribution in [2.45, 2.75) is 12.5 Å². The van der Waals surface area contributed by atoms with Crippen LogP contribution >= 0.6 is 0 Å². The average molecular weight is 537 g/mol. The maximum Gasteiger partial charge on any atom is 0.0802 e. The minimum absolute atomic E-state index is 0.0635. The molecule has 0 spiro atoms. The molecule has 0 N–H and O–H groups in total. The summed E-state index contributed by atoms with van der Waals surface area (Å²) in [5.74, 6) is 0. The average Bonchev–Trinajstić information content (AvgIpc) is 3.07. The molecule has 2 nitrogen and oxygen atoms in total. The SMILES string of the molecule is C1=C(c2ccccc2)CC2N=C(c3ccc4ccccc4c3)C=C(c3ccc(-c4cccc5cccnc45)cc3)C2=C1. The van der Waals surface area contributed by atoms with Crippen LogP contribution in [-0.2, 0) is 0 Å². The number of rotatable bonds is 4. The zero-order valence-electron chi connectivity index (χ0n) is 23.1. The third-order valence-corrected chi connectivity index (χ3v) is 8.45. The van der Waals surface area contributed by atoms with Crippen LogP contribution in [-0.4, -0.2) is 16.7 Å². The van der Waals surface area contributed by atoms with Gasteiger partial charge in [-0.15, -0.1) is 0 Å². The standard InChI is InChI=1S/C40H28N2/c1-2-8-27(9-3-1)33-21-22-36-37(26-38(42-39(36)25-33)34-20-15-28-10-4-5-11-32(28)24-34)30-18-16-29(17-19-30)35-14-6-12-31-13-7-23-41-40(31)35/h1-24,26,39H,25H2. The van der Waals surface area contributed by atoms with Crippen LogP contribution in [0.15, 0.2) is 162 Å². The highest BCUT2D eigenvalue weighted by molar-refractivity contribution is 6.16. The summed E-state index contributed by atoms with van der Waals surface area (Å²) in [4.78, 5) is 10.0. The lowest BCUT2D eigenvalue weighted by Gasteiger charge is -2.29. The van der Waals surface area contributed by atoms with E-state index in [1.165, 1.54) is 44.2 Å². The van der Waals surface area contributed by atoms with Gasteiger partial charge in [-0.25, -0.2) is 0 Å². The van der Waals surface area contributed by atoms with E-state index < -0.39 is 0 Å². The van der Waals surface area contributed by atoms with E-state index in [1.54, 1.807) is 0 Å². The van der Waals surface area contributed by atoms with Gasteiger partial charge in [0.25, 0.3) is 0 Å². The van der Waals surface area contributed by atoms with Crippen molar-refractivity contribution in [3.8, 4) is 11.1 Å².